The Morgan fingerprint density at radius 2 is 1.85 bits per heavy atom. The number of alkyl halides is 1. The van der Waals surface area contributed by atoms with Gasteiger partial charge in [-0.3, -0.25) is 14.4 Å². The molecule has 0 saturated carbocycles. The summed E-state index contributed by atoms with van der Waals surface area (Å²) in [4.78, 5) is 38.0. The molecule has 0 radical (unpaired) electrons. The van der Waals surface area contributed by atoms with Crippen molar-refractivity contribution in [1.29, 1.82) is 0 Å². The highest BCUT2D eigenvalue weighted by Gasteiger charge is 2.27. The first-order valence-electron chi connectivity index (χ1n) is 6.27. The minimum atomic E-state index is -0.557. The Balaban J connectivity index is 1.97. The zero-order valence-corrected chi connectivity index (χ0v) is 11.8. The van der Waals surface area contributed by atoms with E-state index < -0.39 is 5.38 Å². The molecular formula is C12H15ClN4O3. The summed E-state index contributed by atoms with van der Waals surface area (Å²) in [5, 5.41) is 5.37. The molecule has 2 heterocycles. The van der Waals surface area contributed by atoms with Crippen molar-refractivity contribution in [3.63, 3.8) is 0 Å². The monoisotopic (exact) mass is 298 g/mol. The maximum atomic E-state index is 12.1. The lowest BCUT2D eigenvalue weighted by atomic mass is 10.2. The molecule has 2 amide bonds. The number of nitrogens with one attached hydrogen (secondary N) is 1. The number of hydrogen-bond acceptors (Lipinski definition) is 4. The van der Waals surface area contributed by atoms with Gasteiger partial charge in [-0.25, -0.2) is 5.10 Å². The Kier molecular flexibility index (Phi) is 4.39. The highest BCUT2D eigenvalue weighted by molar-refractivity contribution is 6.30. The fraction of sp³-hybridized carbons (Fsp3) is 0.500. The van der Waals surface area contributed by atoms with Crippen LogP contribution in [-0.4, -0.2) is 63.4 Å². The van der Waals surface area contributed by atoms with Crippen molar-refractivity contribution in [2.45, 2.75) is 12.3 Å². The average Bonchev–Trinajstić information content (AvgIpc) is 2.46. The molecule has 1 unspecified atom stereocenters. The Bertz CT molecular complexity index is 544. The maximum Gasteiger partial charge on any atom is 0.274 e. The van der Waals surface area contributed by atoms with Crippen molar-refractivity contribution in [2.75, 3.05) is 26.2 Å². The van der Waals surface area contributed by atoms with Gasteiger partial charge in [0.1, 0.15) is 11.1 Å². The number of carbonyl (C=O) groups is 2. The third-order valence-electron chi connectivity index (χ3n) is 3.12. The summed E-state index contributed by atoms with van der Waals surface area (Å²) in [5.41, 5.74) is -0.164. The fourth-order valence-corrected chi connectivity index (χ4v) is 2.15. The van der Waals surface area contributed by atoms with Gasteiger partial charge in [0.05, 0.1) is 0 Å². The number of carbonyl (C=O) groups excluding carboxylic acids is 2. The molecule has 0 aromatic carbocycles. The van der Waals surface area contributed by atoms with Crippen LogP contribution in [0.25, 0.3) is 0 Å². The molecule has 2 rings (SSSR count). The van der Waals surface area contributed by atoms with E-state index in [9.17, 15) is 14.4 Å². The molecule has 1 aromatic heterocycles. The van der Waals surface area contributed by atoms with Crippen LogP contribution >= 0.6 is 11.6 Å². The van der Waals surface area contributed by atoms with Crippen molar-refractivity contribution in [2.24, 2.45) is 0 Å². The van der Waals surface area contributed by atoms with Gasteiger partial charge in [0.15, 0.2) is 0 Å². The minimum absolute atomic E-state index is 0.124. The van der Waals surface area contributed by atoms with Crippen LogP contribution < -0.4 is 5.56 Å². The summed E-state index contributed by atoms with van der Waals surface area (Å²) in [6.07, 6.45) is 0. The lowest BCUT2D eigenvalue weighted by molar-refractivity contribution is -0.131. The van der Waals surface area contributed by atoms with Gasteiger partial charge in [0.25, 0.3) is 11.5 Å². The number of piperazine rings is 1. The summed E-state index contributed by atoms with van der Waals surface area (Å²) >= 11 is 5.76. The molecule has 20 heavy (non-hydrogen) atoms. The van der Waals surface area contributed by atoms with E-state index in [2.05, 4.69) is 10.2 Å². The SMILES string of the molecule is CC(Cl)C(=O)N1CCN(C(=O)c2ccc(=O)[nH]n2)CC1. The van der Waals surface area contributed by atoms with Crippen molar-refractivity contribution >= 4 is 23.4 Å². The molecule has 8 heteroatoms. The predicted octanol–water partition coefficient (Wildman–Crippen LogP) is -0.318. The number of aromatic nitrogens is 2. The number of amides is 2. The van der Waals surface area contributed by atoms with Gasteiger partial charge in [-0.05, 0) is 13.0 Å². The second kappa shape index (κ2) is 6.04. The third-order valence-corrected chi connectivity index (χ3v) is 3.30. The lowest BCUT2D eigenvalue weighted by Crippen LogP contribution is -2.52. The van der Waals surface area contributed by atoms with E-state index >= 15 is 0 Å². The molecule has 1 fully saturated rings. The Hall–Kier alpha value is -1.89. The van der Waals surface area contributed by atoms with Crippen molar-refractivity contribution < 1.29 is 9.59 Å². The summed E-state index contributed by atoms with van der Waals surface area (Å²) < 4.78 is 0. The van der Waals surface area contributed by atoms with Crippen LogP contribution in [0.3, 0.4) is 0 Å². The first-order valence-corrected chi connectivity index (χ1v) is 6.70. The number of nitrogens with zero attached hydrogens (tertiary/aromatic N) is 3. The topological polar surface area (TPSA) is 86.4 Å². The average molecular weight is 299 g/mol. The largest absolute Gasteiger partial charge is 0.338 e. The smallest absolute Gasteiger partial charge is 0.274 e. The number of hydrogen-bond donors (Lipinski definition) is 1. The van der Waals surface area contributed by atoms with Crippen LogP contribution in [0.2, 0.25) is 0 Å². The highest BCUT2D eigenvalue weighted by Crippen LogP contribution is 2.09. The number of H-pyrrole nitrogens is 1. The number of rotatable bonds is 2. The minimum Gasteiger partial charge on any atom is -0.338 e. The van der Waals surface area contributed by atoms with E-state index in [0.29, 0.717) is 26.2 Å². The first kappa shape index (κ1) is 14.5. The van der Waals surface area contributed by atoms with Crippen LogP contribution in [0.5, 0.6) is 0 Å². The van der Waals surface area contributed by atoms with Crippen molar-refractivity contribution in [3.05, 3.63) is 28.2 Å². The zero-order valence-electron chi connectivity index (χ0n) is 11.0. The summed E-state index contributed by atoms with van der Waals surface area (Å²) in [6.45, 7) is 3.38. The van der Waals surface area contributed by atoms with E-state index in [-0.39, 0.29) is 23.1 Å². The molecule has 1 aliphatic heterocycles. The molecular weight excluding hydrogens is 284 g/mol. The summed E-state index contributed by atoms with van der Waals surface area (Å²) in [5.74, 6) is -0.381. The van der Waals surface area contributed by atoms with Crippen LogP contribution in [0.15, 0.2) is 16.9 Å². The van der Waals surface area contributed by atoms with E-state index in [1.165, 1.54) is 12.1 Å². The van der Waals surface area contributed by atoms with Gasteiger partial charge >= 0.3 is 0 Å². The Labute approximate surface area is 120 Å². The molecule has 1 aliphatic rings. The third kappa shape index (κ3) is 3.16. The van der Waals surface area contributed by atoms with E-state index in [1.54, 1.807) is 16.7 Å². The zero-order chi connectivity index (χ0) is 14.7. The molecule has 0 aliphatic carbocycles. The van der Waals surface area contributed by atoms with Gasteiger partial charge in [-0.2, -0.15) is 5.10 Å². The quantitative estimate of drug-likeness (QED) is 0.758. The van der Waals surface area contributed by atoms with E-state index in [1.807, 2.05) is 0 Å². The maximum absolute atomic E-state index is 12.1. The van der Waals surface area contributed by atoms with Crippen LogP contribution in [0, 0.1) is 0 Å². The number of aromatic amines is 1. The molecule has 1 atom stereocenters. The molecule has 108 valence electrons. The molecule has 0 spiro atoms. The summed E-state index contributed by atoms with van der Waals surface area (Å²) in [7, 11) is 0. The van der Waals surface area contributed by atoms with Gasteiger partial charge in [-0.15, -0.1) is 11.6 Å². The predicted molar refractivity (Wildman–Crippen MR) is 72.7 cm³/mol. The summed E-state index contributed by atoms with van der Waals surface area (Å²) in [6, 6.07) is 2.65. The van der Waals surface area contributed by atoms with Gasteiger partial charge in [0.2, 0.25) is 5.91 Å². The second-order valence-electron chi connectivity index (χ2n) is 4.54. The first-order chi connectivity index (χ1) is 9.49. The second-order valence-corrected chi connectivity index (χ2v) is 5.19. The number of halogens is 1. The van der Waals surface area contributed by atoms with Gasteiger partial charge < -0.3 is 9.80 Å². The molecule has 1 N–H and O–H groups in total. The molecule has 7 nitrogen and oxygen atoms in total. The van der Waals surface area contributed by atoms with E-state index in [0.717, 1.165) is 0 Å². The fourth-order valence-electron chi connectivity index (χ4n) is 2.01. The Morgan fingerprint density at radius 3 is 2.35 bits per heavy atom. The molecule has 1 aromatic rings. The molecule has 0 bridgehead atoms. The Morgan fingerprint density at radius 1 is 1.25 bits per heavy atom. The van der Waals surface area contributed by atoms with Crippen LogP contribution in [0.1, 0.15) is 17.4 Å². The highest BCUT2D eigenvalue weighted by atomic mass is 35.5. The van der Waals surface area contributed by atoms with Crippen molar-refractivity contribution in [1.82, 2.24) is 20.0 Å². The van der Waals surface area contributed by atoms with Gasteiger partial charge in [-0.1, -0.05) is 0 Å². The molecule has 1 saturated heterocycles. The van der Waals surface area contributed by atoms with E-state index in [4.69, 9.17) is 11.6 Å². The van der Waals surface area contributed by atoms with Crippen LogP contribution in [-0.2, 0) is 4.79 Å². The van der Waals surface area contributed by atoms with Crippen molar-refractivity contribution in [3.8, 4) is 0 Å². The van der Waals surface area contributed by atoms with Gasteiger partial charge in [0, 0.05) is 32.2 Å². The lowest BCUT2D eigenvalue weighted by Gasteiger charge is -2.35. The van der Waals surface area contributed by atoms with Crippen LogP contribution in [0.4, 0.5) is 0 Å². The standard InChI is InChI=1S/C12H15ClN4O3/c1-8(13)11(19)16-4-6-17(7-5-16)12(20)9-2-3-10(18)15-14-9/h2-3,8H,4-7H2,1H3,(H,15,18). The normalized spacial score (nSPS) is 16.9.